The van der Waals surface area contributed by atoms with Crippen LogP contribution in [0.4, 0.5) is 4.39 Å². The van der Waals surface area contributed by atoms with E-state index in [1.54, 1.807) is 12.1 Å². The number of hydrogen-bond donors (Lipinski definition) is 0. The third-order valence-electron chi connectivity index (χ3n) is 3.81. The van der Waals surface area contributed by atoms with Crippen LogP contribution in [-0.4, -0.2) is 5.97 Å². The Labute approximate surface area is 147 Å². The minimum Gasteiger partial charge on any atom is -0.457 e. The van der Waals surface area contributed by atoms with Gasteiger partial charge in [0.1, 0.15) is 18.0 Å². The SMILES string of the molecule is CCc1ccc2c(COC(=O)c3cc(Cl)ccc3F)cc(=O)oc2c1. The number of halogens is 2. The zero-order valence-electron chi connectivity index (χ0n) is 13.3. The van der Waals surface area contributed by atoms with E-state index >= 15 is 0 Å². The van der Waals surface area contributed by atoms with Gasteiger partial charge in [-0.25, -0.2) is 14.0 Å². The van der Waals surface area contributed by atoms with Crippen LogP contribution in [0, 0.1) is 5.82 Å². The quantitative estimate of drug-likeness (QED) is 0.507. The molecule has 6 heteroatoms. The number of carbonyl (C=O) groups is 1. The molecule has 2 aromatic carbocycles. The molecule has 25 heavy (non-hydrogen) atoms. The van der Waals surface area contributed by atoms with Gasteiger partial charge >= 0.3 is 11.6 Å². The number of fused-ring (bicyclic) bond motifs is 1. The molecule has 0 bridgehead atoms. The van der Waals surface area contributed by atoms with E-state index in [4.69, 9.17) is 20.8 Å². The third kappa shape index (κ3) is 3.72. The summed E-state index contributed by atoms with van der Waals surface area (Å²) in [7, 11) is 0. The number of carbonyl (C=O) groups excluding carboxylic acids is 1. The van der Waals surface area contributed by atoms with Crippen LogP contribution in [0.3, 0.4) is 0 Å². The van der Waals surface area contributed by atoms with Crippen LogP contribution in [-0.2, 0) is 17.8 Å². The van der Waals surface area contributed by atoms with Crippen molar-refractivity contribution in [2.75, 3.05) is 0 Å². The van der Waals surface area contributed by atoms with Gasteiger partial charge in [-0.1, -0.05) is 30.7 Å². The van der Waals surface area contributed by atoms with Crippen molar-refractivity contribution in [3.63, 3.8) is 0 Å². The number of rotatable bonds is 4. The second-order valence-corrected chi connectivity index (χ2v) is 5.91. The minimum absolute atomic E-state index is 0.182. The van der Waals surface area contributed by atoms with Gasteiger partial charge in [0, 0.05) is 22.0 Å². The standard InChI is InChI=1S/C19H14ClFO4/c1-2-11-3-5-14-12(8-18(22)25-17(14)7-11)10-24-19(23)15-9-13(20)4-6-16(15)21/h3-9H,2,10H2,1H3. The summed E-state index contributed by atoms with van der Waals surface area (Å²) in [6.07, 6.45) is 0.799. The molecule has 0 aliphatic carbocycles. The molecule has 4 nitrogen and oxygen atoms in total. The maximum absolute atomic E-state index is 13.7. The van der Waals surface area contributed by atoms with Crippen LogP contribution >= 0.6 is 11.6 Å². The van der Waals surface area contributed by atoms with Gasteiger partial charge in [0.05, 0.1) is 5.56 Å². The van der Waals surface area contributed by atoms with Crippen molar-refractivity contribution in [3.05, 3.63) is 80.4 Å². The fourth-order valence-electron chi connectivity index (χ4n) is 2.49. The number of ether oxygens (including phenoxy) is 1. The molecule has 0 aliphatic rings. The molecular weight excluding hydrogens is 347 g/mol. The Balaban J connectivity index is 1.89. The summed E-state index contributed by atoms with van der Waals surface area (Å²) in [6, 6.07) is 10.4. The van der Waals surface area contributed by atoms with Crippen molar-refractivity contribution in [1.82, 2.24) is 0 Å². The summed E-state index contributed by atoms with van der Waals surface area (Å²) in [6.45, 7) is 1.81. The first-order chi connectivity index (χ1) is 12.0. The lowest BCUT2D eigenvalue weighted by molar-refractivity contribution is 0.0468. The molecule has 0 atom stereocenters. The van der Waals surface area contributed by atoms with Crippen molar-refractivity contribution in [1.29, 1.82) is 0 Å². The Morgan fingerprint density at radius 1 is 1.20 bits per heavy atom. The first kappa shape index (κ1) is 17.2. The topological polar surface area (TPSA) is 56.5 Å². The number of hydrogen-bond acceptors (Lipinski definition) is 4. The van der Waals surface area contributed by atoms with Gasteiger partial charge in [0.2, 0.25) is 0 Å². The molecule has 0 saturated carbocycles. The first-order valence-electron chi connectivity index (χ1n) is 7.65. The van der Waals surface area contributed by atoms with Crippen molar-refractivity contribution >= 4 is 28.5 Å². The van der Waals surface area contributed by atoms with Crippen molar-refractivity contribution < 1.29 is 18.3 Å². The van der Waals surface area contributed by atoms with E-state index in [0.717, 1.165) is 18.1 Å². The average molecular weight is 361 g/mol. The van der Waals surface area contributed by atoms with Crippen molar-refractivity contribution in [2.24, 2.45) is 0 Å². The molecule has 0 unspecified atom stereocenters. The van der Waals surface area contributed by atoms with E-state index in [0.29, 0.717) is 16.5 Å². The van der Waals surface area contributed by atoms with E-state index < -0.39 is 17.4 Å². The predicted molar refractivity (Wildman–Crippen MR) is 92.4 cm³/mol. The summed E-state index contributed by atoms with van der Waals surface area (Å²) in [5.41, 5.74) is 1.14. The Morgan fingerprint density at radius 3 is 2.76 bits per heavy atom. The van der Waals surface area contributed by atoms with E-state index in [1.165, 1.54) is 18.2 Å². The Kier molecular flexibility index (Phi) is 4.86. The molecule has 0 radical (unpaired) electrons. The van der Waals surface area contributed by atoms with Crippen molar-refractivity contribution in [3.8, 4) is 0 Å². The van der Waals surface area contributed by atoms with Crippen LogP contribution in [0.2, 0.25) is 5.02 Å². The van der Waals surface area contributed by atoms with Gasteiger partial charge in [0.15, 0.2) is 0 Å². The molecule has 1 heterocycles. The monoisotopic (exact) mass is 360 g/mol. The molecule has 0 fully saturated rings. The molecule has 3 aromatic rings. The third-order valence-corrected chi connectivity index (χ3v) is 4.05. The van der Waals surface area contributed by atoms with Crippen LogP contribution in [0.5, 0.6) is 0 Å². The summed E-state index contributed by atoms with van der Waals surface area (Å²) in [5, 5.41) is 0.891. The molecule has 0 spiro atoms. The molecule has 3 rings (SSSR count). The predicted octanol–water partition coefficient (Wildman–Crippen LogP) is 4.50. The number of benzene rings is 2. The highest BCUT2D eigenvalue weighted by atomic mass is 35.5. The lowest BCUT2D eigenvalue weighted by Gasteiger charge is -2.09. The fourth-order valence-corrected chi connectivity index (χ4v) is 2.66. The summed E-state index contributed by atoms with van der Waals surface area (Å²) >= 11 is 5.78. The number of esters is 1. The van der Waals surface area contributed by atoms with E-state index in [-0.39, 0.29) is 17.2 Å². The van der Waals surface area contributed by atoms with Gasteiger partial charge < -0.3 is 9.15 Å². The van der Waals surface area contributed by atoms with Crippen molar-refractivity contribution in [2.45, 2.75) is 20.0 Å². The van der Waals surface area contributed by atoms with Gasteiger partial charge in [-0.3, -0.25) is 0 Å². The van der Waals surface area contributed by atoms with E-state index in [2.05, 4.69) is 0 Å². The fraction of sp³-hybridized carbons (Fsp3) is 0.158. The molecular formula is C19H14ClFO4. The maximum atomic E-state index is 13.7. The molecule has 0 aliphatic heterocycles. The minimum atomic E-state index is -0.855. The average Bonchev–Trinajstić information content (AvgIpc) is 2.60. The van der Waals surface area contributed by atoms with Crippen LogP contribution in [0.15, 0.2) is 51.7 Å². The largest absolute Gasteiger partial charge is 0.457 e. The van der Waals surface area contributed by atoms with Gasteiger partial charge in [-0.05, 0) is 36.2 Å². The number of aryl methyl sites for hydroxylation is 1. The zero-order valence-corrected chi connectivity index (χ0v) is 14.1. The lowest BCUT2D eigenvalue weighted by atomic mass is 10.1. The lowest BCUT2D eigenvalue weighted by Crippen LogP contribution is -2.09. The normalized spacial score (nSPS) is 10.8. The molecule has 0 amide bonds. The second kappa shape index (κ2) is 7.07. The van der Waals surface area contributed by atoms with E-state index in [1.807, 2.05) is 13.0 Å². The van der Waals surface area contributed by atoms with Gasteiger partial charge in [-0.2, -0.15) is 0 Å². The summed E-state index contributed by atoms with van der Waals surface area (Å²) in [5.74, 6) is -1.58. The Hall–Kier alpha value is -2.66. The molecule has 0 saturated heterocycles. The maximum Gasteiger partial charge on any atom is 0.341 e. The second-order valence-electron chi connectivity index (χ2n) is 5.48. The van der Waals surface area contributed by atoms with Gasteiger partial charge in [0.25, 0.3) is 0 Å². The van der Waals surface area contributed by atoms with Crippen LogP contribution in [0.25, 0.3) is 11.0 Å². The van der Waals surface area contributed by atoms with Gasteiger partial charge in [-0.15, -0.1) is 0 Å². The highest BCUT2D eigenvalue weighted by Crippen LogP contribution is 2.21. The smallest absolute Gasteiger partial charge is 0.341 e. The highest BCUT2D eigenvalue weighted by molar-refractivity contribution is 6.30. The molecule has 0 N–H and O–H groups in total. The van der Waals surface area contributed by atoms with E-state index in [9.17, 15) is 14.0 Å². The Morgan fingerprint density at radius 2 is 2.00 bits per heavy atom. The van der Waals surface area contributed by atoms with Crippen LogP contribution in [0.1, 0.15) is 28.4 Å². The molecule has 128 valence electrons. The Bertz CT molecular complexity index is 1010. The summed E-state index contributed by atoms with van der Waals surface area (Å²) in [4.78, 5) is 23.8. The zero-order chi connectivity index (χ0) is 18.0. The highest BCUT2D eigenvalue weighted by Gasteiger charge is 2.15. The molecule has 1 aromatic heterocycles. The first-order valence-corrected chi connectivity index (χ1v) is 8.03. The summed E-state index contributed by atoms with van der Waals surface area (Å²) < 4.78 is 24.1. The van der Waals surface area contributed by atoms with Crippen LogP contribution < -0.4 is 5.63 Å².